The van der Waals surface area contributed by atoms with Crippen LogP contribution in [0.5, 0.6) is 0 Å². The van der Waals surface area contributed by atoms with E-state index in [4.69, 9.17) is 9.72 Å². The number of nitrogens with zero attached hydrogens (tertiary/aromatic N) is 1. The Kier molecular flexibility index (Phi) is 6.26. The molecule has 0 fully saturated rings. The molecule has 1 aromatic heterocycles. The minimum absolute atomic E-state index is 0.151. The number of carbonyl (C=O) groups is 2. The zero-order valence-electron chi connectivity index (χ0n) is 17.5. The van der Waals surface area contributed by atoms with Crippen LogP contribution in [0, 0.1) is 0 Å². The van der Waals surface area contributed by atoms with Crippen molar-refractivity contribution in [2.24, 2.45) is 0 Å². The van der Waals surface area contributed by atoms with Gasteiger partial charge in [-0.15, -0.1) is 0 Å². The molecule has 6 nitrogen and oxygen atoms in total. The Hall–Kier alpha value is -3.67. The molecule has 0 bridgehead atoms. The lowest BCUT2D eigenvalue weighted by Crippen LogP contribution is -2.35. The quantitative estimate of drug-likeness (QED) is 0.592. The van der Waals surface area contributed by atoms with Crippen molar-refractivity contribution >= 4 is 34.6 Å². The highest BCUT2D eigenvalue weighted by Gasteiger charge is 2.26. The molecule has 0 radical (unpaired) electrons. The molecular weight excluding hydrogens is 390 g/mol. The molecule has 6 heteroatoms. The fourth-order valence-electron chi connectivity index (χ4n) is 3.90. The van der Waals surface area contributed by atoms with Crippen molar-refractivity contribution in [3.05, 3.63) is 77.0 Å². The lowest BCUT2D eigenvalue weighted by molar-refractivity contribution is 0.0953. The van der Waals surface area contributed by atoms with Crippen molar-refractivity contribution in [3.8, 4) is 0 Å². The van der Waals surface area contributed by atoms with E-state index in [2.05, 4.69) is 28.8 Å². The molecule has 1 aliphatic carbocycles. The highest BCUT2D eigenvalue weighted by molar-refractivity contribution is 6.09. The summed E-state index contributed by atoms with van der Waals surface area (Å²) in [7, 11) is 0. The summed E-state index contributed by atoms with van der Waals surface area (Å²) in [5.41, 5.74) is 5.63. The minimum atomic E-state index is -0.484. The van der Waals surface area contributed by atoms with E-state index < -0.39 is 6.09 Å². The molecule has 4 rings (SSSR count). The highest BCUT2D eigenvalue weighted by atomic mass is 16.5. The highest BCUT2D eigenvalue weighted by Crippen LogP contribution is 2.37. The predicted octanol–water partition coefficient (Wildman–Crippen LogP) is 4.20. The maximum absolute atomic E-state index is 13.2. The van der Waals surface area contributed by atoms with Crippen LogP contribution in [0.25, 0.3) is 22.6 Å². The van der Waals surface area contributed by atoms with Gasteiger partial charge in [0.15, 0.2) is 0 Å². The maximum atomic E-state index is 13.2. The summed E-state index contributed by atoms with van der Waals surface area (Å²) >= 11 is 0. The third-order valence-electron chi connectivity index (χ3n) is 5.26. The number of allylic oxidation sites excluding steroid dienone is 1. The summed E-state index contributed by atoms with van der Waals surface area (Å²) < 4.78 is 4.84. The largest absolute Gasteiger partial charge is 0.450 e. The Morgan fingerprint density at radius 1 is 1.00 bits per heavy atom. The normalized spacial score (nSPS) is 13.8. The van der Waals surface area contributed by atoms with Crippen molar-refractivity contribution in [3.63, 3.8) is 0 Å². The van der Waals surface area contributed by atoms with Crippen molar-refractivity contribution in [2.75, 3.05) is 19.7 Å². The Bertz CT molecular complexity index is 1140. The third kappa shape index (κ3) is 4.58. The van der Waals surface area contributed by atoms with Gasteiger partial charge >= 0.3 is 6.09 Å². The molecule has 31 heavy (non-hydrogen) atoms. The van der Waals surface area contributed by atoms with Crippen LogP contribution >= 0.6 is 0 Å². The van der Waals surface area contributed by atoms with Gasteiger partial charge in [0.2, 0.25) is 0 Å². The fourth-order valence-corrected chi connectivity index (χ4v) is 3.90. The van der Waals surface area contributed by atoms with Crippen LogP contribution in [-0.2, 0) is 11.2 Å². The maximum Gasteiger partial charge on any atom is 0.407 e. The molecule has 2 aromatic carbocycles. The number of rotatable bonds is 6. The zero-order valence-corrected chi connectivity index (χ0v) is 17.5. The van der Waals surface area contributed by atoms with Gasteiger partial charge in [0, 0.05) is 18.5 Å². The molecule has 2 amide bonds. The Morgan fingerprint density at radius 2 is 1.74 bits per heavy atom. The van der Waals surface area contributed by atoms with E-state index in [0.717, 1.165) is 46.1 Å². The standard InChI is InChI=1S/C25H25N3O3/c1-2-31-25(30)27-15-14-26-24(29)22-19-10-6-7-11-21(19)28-23-18(12-13-20(22)23)16-17-8-4-3-5-9-17/h3-11,16H,2,12-15H2,1H3,(H,26,29)(H,27,30)/b18-16-. The van der Waals surface area contributed by atoms with E-state index >= 15 is 0 Å². The van der Waals surface area contributed by atoms with E-state index in [1.54, 1.807) is 6.92 Å². The van der Waals surface area contributed by atoms with Gasteiger partial charge in [-0.1, -0.05) is 48.5 Å². The van der Waals surface area contributed by atoms with Crippen LogP contribution in [0.3, 0.4) is 0 Å². The second-order valence-corrected chi connectivity index (χ2v) is 7.31. The molecule has 1 aliphatic rings. The number of fused-ring (bicyclic) bond motifs is 2. The summed E-state index contributed by atoms with van der Waals surface area (Å²) in [6.07, 6.45) is 3.29. The van der Waals surface area contributed by atoms with Crippen molar-refractivity contribution in [1.29, 1.82) is 0 Å². The first-order chi connectivity index (χ1) is 15.2. The molecule has 158 valence electrons. The van der Waals surface area contributed by atoms with E-state index in [1.165, 1.54) is 0 Å². The van der Waals surface area contributed by atoms with Gasteiger partial charge in [0.25, 0.3) is 5.91 Å². The van der Waals surface area contributed by atoms with Gasteiger partial charge in [-0.25, -0.2) is 9.78 Å². The Labute approximate surface area is 181 Å². The number of amides is 2. The first kappa shape index (κ1) is 20.6. The number of pyridine rings is 1. The number of hydrogen-bond acceptors (Lipinski definition) is 4. The lowest BCUT2D eigenvalue weighted by Gasteiger charge is -2.13. The van der Waals surface area contributed by atoms with E-state index in [-0.39, 0.29) is 5.91 Å². The summed E-state index contributed by atoms with van der Waals surface area (Å²) in [5.74, 6) is -0.151. The fraction of sp³-hybridized carbons (Fsp3) is 0.240. The second-order valence-electron chi connectivity index (χ2n) is 7.31. The van der Waals surface area contributed by atoms with E-state index in [1.807, 2.05) is 42.5 Å². The molecule has 0 atom stereocenters. The number of ether oxygens (including phenoxy) is 1. The first-order valence-corrected chi connectivity index (χ1v) is 10.5. The first-order valence-electron chi connectivity index (χ1n) is 10.5. The van der Waals surface area contributed by atoms with Gasteiger partial charge in [0.05, 0.1) is 23.4 Å². The molecule has 0 saturated heterocycles. The van der Waals surface area contributed by atoms with E-state index in [9.17, 15) is 9.59 Å². The van der Waals surface area contributed by atoms with Gasteiger partial charge < -0.3 is 15.4 Å². The van der Waals surface area contributed by atoms with Crippen LogP contribution in [0.4, 0.5) is 4.79 Å². The number of benzene rings is 2. The van der Waals surface area contributed by atoms with Crippen LogP contribution < -0.4 is 10.6 Å². The number of carbonyl (C=O) groups excluding carboxylic acids is 2. The second kappa shape index (κ2) is 9.43. The van der Waals surface area contributed by atoms with Gasteiger partial charge in [-0.05, 0) is 48.6 Å². The summed E-state index contributed by atoms with van der Waals surface area (Å²) in [5, 5.41) is 6.39. The lowest BCUT2D eigenvalue weighted by atomic mass is 10.00. The van der Waals surface area contributed by atoms with Gasteiger partial charge in [-0.2, -0.15) is 0 Å². The summed E-state index contributed by atoms with van der Waals surface area (Å²) in [6.45, 7) is 2.67. The van der Waals surface area contributed by atoms with Crippen LogP contribution in [-0.4, -0.2) is 36.7 Å². The molecular formula is C25H25N3O3. The number of hydrogen-bond donors (Lipinski definition) is 2. The zero-order chi connectivity index (χ0) is 21.6. The summed E-state index contributed by atoms with van der Waals surface area (Å²) in [6, 6.07) is 17.9. The predicted molar refractivity (Wildman–Crippen MR) is 122 cm³/mol. The van der Waals surface area contributed by atoms with Crippen LogP contribution in [0.2, 0.25) is 0 Å². The van der Waals surface area contributed by atoms with E-state index in [0.29, 0.717) is 25.3 Å². The van der Waals surface area contributed by atoms with Crippen LogP contribution in [0.15, 0.2) is 54.6 Å². The molecule has 2 N–H and O–H groups in total. The molecule has 3 aromatic rings. The monoisotopic (exact) mass is 415 g/mol. The topological polar surface area (TPSA) is 80.3 Å². The summed E-state index contributed by atoms with van der Waals surface area (Å²) in [4.78, 5) is 29.5. The number of alkyl carbamates (subject to hydrolysis) is 1. The SMILES string of the molecule is CCOC(=O)NCCNC(=O)c1c2c(nc3ccccc13)/C(=C\c1ccccc1)CC2. The smallest absolute Gasteiger partial charge is 0.407 e. The van der Waals surface area contributed by atoms with Gasteiger partial charge in [-0.3, -0.25) is 4.79 Å². The Balaban J connectivity index is 1.62. The minimum Gasteiger partial charge on any atom is -0.450 e. The molecule has 0 saturated carbocycles. The average Bonchev–Trinajstić information content (AvgIpc) is 3.17. The third-order valence-corrected chi connectivity index (χ3v) is 5.26. The molecule has 0 aliphatic heterocycles. The number of aromatic nitrogens is 1. The van der Waals surface area contributed by atoms with Crippen molar-refractivity contribution in [1.82, 2.24) is 15.6 Å². The molecule has 0 spiro atoms. The Morgan fingerprint density at radius 3 is 2.55 bits per heavy atom. The average molecular weight is 415 g/mol. The van der Waals surface area contributed by atoms with Crippen molar-refractivity contribution in [2.45, 2.75) is 19.8 Å². The molecule has 0 unspecified atom stereocenters. The molecule has 1 heterocycles. The number of nitrogens with one attached hydrogen (secondary N) is 2. The van der Waals surface area contributed by atoms with Crippen LogP contribution in [0.1, 0.15) is 40.5 Å². The van der Waals surface area contributed by atoms with Crippen molar-refractivity contribution < 1.29 is 14.3 Å². The number of para-hydroxylation sites is 1. The van der Waals surface area contributed by atoms with Gasteiger partial charge in [0.1, 0.15) is 0 Å².